The fourth-order valence-electron chi connectivity index (χ4n) is 3.84. The molecule has 0 bridgehead atoms. The standard InChI is InChI=1S/C21H17N5O4S/c27-18-6-5-16(20(29)23-18)26-10-11-8-12(3-4-13(11)21(26)30)22-19(28)15-9-14(24-25-15)17-2-1-7-31-17/h1-4,7-9,16H,5-6,10H2,(H,22,28)(H,24,25)(H,23,27,29). The highest BCUT2D eigenvalue weighted by Crippen LogP contribution is 2.30. The number of imide groups is 1. The maximum Gasteiger partial charge on any atom is 0.276 e. The van der Waals surface area contributed by atoms with Crippen LogP contribution in [0.1, 0.15) is 39.3 Å². The van der Waals surface area contributed by atoms with Crippen molar-refractivity contribution in [3.63, 3.8) is 0 Å². The summed E-state index contributed by atoms with van der Waals surface area (Å²) in [5, 5.41) is 14.0. The van der Waals surface area contributed by atoms with Gasteiger partial charge < -0.3 is 10.2 Å². The van der Waals surface area contributed by atoms with E-state index in [1.807, 2.05) is 17.5 Å². The lowest BCUT2D eigenvalue weighted by molar-refractivity contribution is -0.136. The van der Waals surface area contributed by atoms with Crippen LogP contribution in [0, 0.1) is 0 Å². The largest absolute Gasteiger partial charge is 0.322 e. The first-order chi connectivity index (χ1) is 15.0. The molecule has 0 aliphatic carbocycles. The molecule has 1 fully saturated rings. The predicted octanol–water partition coefficient (Wildman–Crippen LogP) is 2.15. The van der Waals surface area contributed by atoms with Gasteiger partial charge in [0.25, 0.3) is 11.8 Å². The Morgan fingerprint density at radius 2 is 2.06 bits per heavy atom. The molecule has 31 heavy (non-hydrogen) atoms. The number of anilines is 1. The molecular formula is C21H17N5O4S. The van der Waals surface area contributed by atoms with Gasteiger partial charge in [0.2, 0.25) is 11.8 Å². The molecule has 9 nitrogen and oxygen atoms in total. The Labute approximate surface area is 180 Å². The molecular weight excluding hydrogens is 418 g/mol. The molecule has 4 heterocycles. The van der Waals surface area contributed by atoms with Crippen molar-refractivity contribution in [1.82, 2.24) is 20.4 Å². The Morgan fingerprint density at radius 1 is 1.19 bits per heavy atom. The number of H-pyrrole nitrogens is 1. The monoisotopic (exact) mass is 435 g/mol. The van der Waals surface area contributed by atoms with Crippen LogP contribution in [-0.4, -0.2) is 44.8 Å². The lowest BCUT2D eigenvalue weighted by Crippen LogP contribution is -2.52. The van der Waals surface area contributed by atoms with Crippen LogP contribution in [-0.2, 0) is 16.1 Å². The van der Waals surface area contributed by atoms with Crippen molar-refractivity contribution >= 4 is 40.7 Å². The lowest BCUT2D eigenvalue weighted by Gasteiger charge is -2.29. The molecule has 2 aliphatic rings. The van der Waals surface area contributed by atoms with Gasteiger partial charge in [0, 0.05) is 24.2 Å². The number of fused-ring (bicyclic) bond motifs is 1. The number of nitrogens with zero attached hydrogens (tertiary/aromatic N) is 2. The summed E-state index contributed by atoms with van der Waals surface area (Å²) in [6.07, 6.45) is 0.509. The summed E-state index contributed by atoms with van der Waals surface area (Å²) < 4.78 is 0. The van der Waals surface area contributed by atoms with Gasteiger partial charge in [-0.05, 0) is 47.7 Å². The van der Waals surface area contributed by atoms with Gasteiger partial charge in [-0.2, -0.15) is 5.10 Å². The van der Waals surface area contributed by atoms with E-state index in [4.69, 9.17) is 0 Å². The number of carbonyl (C=O) groups excluding carboxylic acids is 4. The third-order valence-electron chi connectivity index (χ3n) is 5.38. The molecule has 0 saturated carbocycles. The predicted molar refractivity (Wildman–Crippen MR) is 112 cm³/mol. The van der Waals surface area contributed by atoms with Gasteiger partial charge in [0.05, 0.1) is 10.6 Å². The Hall–Kier alpha value is -3.79. The van der Waals surface area contributed by atoms with Gasteiger partial charge in [-0.1, -0.05) is 6.07 Å². The highest BCUT2D eigenvalue weighted by atomic mass is 32.1. The second-order valence-electron chi connectivity index (χ2n) is 7.37. The zero-order valence-electron chi connectivity index (χ0n) is 16.2. The van der Waals surface area contributed by atoms with E-state index in [0.717, 1.165) is 10.6 Å². The third-order valence-corrected chi connectivity index (χ3v) is 6.28. The molecule has 10 heteroatoms. The fourth-order valence-corrected chi connectivity index (χ4v) is 4.54. The van der Waals surface area contributed by atoms with Gasteiger partial charge in [-0.15, -0.1) is 11.3 Å². The van der Waals surface area contributed by atoms with Crippen LogP contribution in [0.5, 0.6) is 0 Å². The molecule has 1 aromatic carbocycles. The van der Waals surface area contributed by atoms with E-state index < -0.39 is 11.9 Å². The number of hydrogen-bond acceptors (Lipinski definition) is 6. The van der Waals surface area contributed by atoms with Crippen molar-refractivity contribution in [2.24, 2.45) is 0 Å². The molecule has 2 aromatic heterocycles. The summed E-state index contributed by atoms with van der Waals surface area (Å²) in [7, 11) is 0. The number of carbonyl (C=O) groups is 4. The number of aromatic amines is 1. The lowest BCUT2D eigenvalue weighted by atomic mass is 10.0. The summed E-state index contributed by atoms with van der Waals surface area (Å²) in [4.78, 5) is 51.3. The summed E-state index contributed by atoms with van der Waals surface area (Å²) in [5.74, 6) is -1.40. The number of piperidine rings is 1. The topological polar surface area (TPSA) is 124 Å². The minimum Gasteiger partial charge on any atom is -0.322 e. The number of nitrogens with one attached hydrogen (secondary N) is 3. The van der Waals surface area contributed by atoms with Crippen LogP contribution in [0.3, 0.4) is 0 Å². The highest BCUT2D eigenvalue weighted by molar-refractivity contribution is 7.13. The zero-order valence-corrected chi connectivity index (χ0v) is 17.0. The van der Waals surface area contributed by atoms with Gasteiger partial charge in [-0.3, -0.25) is 29.6 Å². The number of aromatic nitrogens is 2. The summed E-state index contributed by atoms with van der Waals surface area (Å²) in [5.41, 5.74) is 2.75. The molecule has 1 saturated heterocycles. The Balaban J connectivity index is 1.31. The first-order valence-electron chi connectivity index (χ1n) is 9.68. The SMILES string of the molecule is O=C1CCC(N2Cc3cc(NC(=O)c4cc(-c5cccs5)[nH]n4)ccc3C2=O)C(=O)N1. The number of thiophene rings is 1. The summed E-state index contributed by atoms with van der Waals surface area (Å²) in [6.45, 7) is 0.245. The van der Waals surface area contributed by atoms with Crippen molar-refractivity contribution in [3.05, 3.63) is 58.6 Å². The summed E-state index contributed by atoms with van der Waals surface area (Å²) in [6, 6.07) is 9.88. The van der Waals surface area contributed by atoms with Crippen molar-refractivity contribution in [2.75, 3.05) is 5.32 Å². The van der Waals surface area contributed by atoms with E-state index in [0.29, 0.717) is 23.2 Å². The Morgan fingerprint density at radius 3 is 2.84 bits per heavy atom. The van der Waals surface area contributed by atoms with Gasteiger partial charge in [0.15, 0.2) is 5.69 Å². The number of benzene rings is 1. The Kier molecular flexibility index (Phi) is 4.63. The van der Waals surface area contributed by atoms with Crippen LogP contribution < -0.4 is 10.6 Å². The molecule has 1 atom stereocenters. The van der Waals surface area contributed by atoms with Crippen LogP contribution >= 0.6 is 11.3 Å². The maximum atomic E-state index is 12.8. The van der Waals surface area contributed by atoms with E-state index >= 15 is 0 Å². The average Bonchev–Trinajstić information content (AvgIpc) is 3.48. The second kappa shape index (κ2) is 7.47. The summed E-state index contributed by atoms with van der Waals surface area (Å²) >= 11 is 1.54. The number of amides is 4. The van der Waals surface area contributed by atoms with Gasteiger partial charge in [-0.25, -0.2) is 0 Å². The molecule has 4 amide bonds. The minimum atomic E-state index is -0.671. The second-order valence-corrected chi connectivity index (χ2v) is 8.32. The fraction of sp³-hybridized carbons (Fsp3) is 0.190. The maximum absolute atomic E-state index is 12.8. The third kappa shape index (κ3) is 3.50. The molecule has 1 unspecified atom stereocenters. The molecule has 5 rings (SSSR count). The van der Waals surface area contributed by atoms with Crippen LogP contribution in [0.25, 0.3) is 10.6 Å². The molecule has 3 aromatic rings. The normalized spacial score (nSPS) is 18.1. The number of hydrogen-bond donors (Lipinski definition) is 3. The quantitative estimate of drug-likeness (QED) is 0.542. The molecule has 3 N–H and O–H groups in total. The highest BCUT2D eigenvalue weighted by Gasteiger charge is 2.39. The molecule has 0 spiro atoms. The minimum absolute atomic E-state index is 0.203. The Bertz CT molecular complexity index is 1220. The van der Waals surface area contributed by atoms with Crippen molar-refractivity contribution < 1.29 is 19.2 Å². The van der Waals surface area contributed by atoms with E-state index in [2.05, 4.69) is 20.8 Å². The van der Waals surface area contributed by atoms with Crippen LogP contribution in [0.2, 0.25) is 0 Å². The van der Waals surface area contributed by atoms with E-state index in [9.17, 15) is 19.2 Å². The van der Waals surface area contributed by atoms with Gasteiger partial charge in [0.1, 0.15) is 6.04 Å². The zero-order chi connectivity index (χ0) is 21.5. The first kappa shape index (κ1) is 19.2. The van der Waals surface area contributed by atoms with Crippen molar-refractivity contribution in [3.8, 4) is 10.6 Å². The van der Waals surface area contributed by atoms with Crippen LogP contribution in [0.15, 0.2) is 41.8 Å². The van der Waals surface area contributed by atoms with E-state index in [-0.39, 0.29) is 36.4 Å². The molecule has 2 aliphatic heterocycles. The van der Waals surface area contributed by atoms with Crippen LogP contribution in [0.4, 0.5) is 5.69 Å². The van der Waals surface area contributed by atoms with E-state index in [1.165, 1.54) is 4.90 Å². The average molecular weight is 435 g/mol. The van der Waals surface area contributed by atoms with Crippen molar-refractivity contribution in [1.29, 1.82) is 0 Å². The smallest absolute Gasteiger partial charge is 0.276 e. The van der Waals surface area contributed by atoms with Crippen molar-refractivity contribution in [2.45, 2.75) is 25.4 Å². The van der Waals surface area contributed by atoms with E-state index in [1.54, 1.807) is 35.6 Å². The molecule has 156 valence electrons. The number of rotatable bonds is 4. The van der Waals surface area contributed by atoms with Gasteiger partial charge >= 0.3 is 0 Å². The first-order valence-corrected chi connectivity index (χ1v) is 10.6. The molecule has 0 radical (unpaired) electrons.